The number of likely N-dealkylation sites (tertiary alicyclic amines) is 2. The summed E-state index contributed by atoms with van der Waals surface area (Å²) in [7, 11) is 0. The maximum absolute atomic E-state index is 4.88. The summed E-state index contributed by atoms with van der Waals surface area (Å²) in [6.07, 6.45) is 20.8. The summed E-state index contributed by atoms with van der Waals surface area (Å²) in [6.45, 7) is 4.50. The van der Waals surface area contributed by atoms with Crippen LogP contribution < -0.4 is 37.2 Å². The number of aliphatic imine (C=N–C) groups is 4. The number of fused-ring (bicyclic) bond motifs is 2. The number of allylic oxidation sites excluding steroid dienone is 2. The molecular formula is C29H31Cl3FeN7. The molecule has 1 aromatic heterocycles. The largest absolute Gasteiger partial charge is 3.00 e. The van der Waals surface area contributed by atoms with E-state index in [0.717, 1.165) is 49.0 Å². The van der Waals surface area contributed by atoms with Gasteiger partial charge in [-0.3, -0.25) is 9.98 Å². The molecule has 2 aliphatic carbocycles. The van der Waals surface area contributed by atoms with E-state index in [1.54, 1.807) is 0 Å². The van der Waals surface area contributed by atoms with Crippen molar-refractivity contribution in [3.8, 4) is 0 Å². The van der Waals surface area contributed by atoms with Gasteiger partial charge in [0, 0.05) is 37.6 Å². The molecule has 0 N–H and O–H groups in total. The van der Waals surface area contributed by atoms with E-state index in [1.165, 1.54) is 49.9 Å². The van der Waals surface area contributed by atoms with E-state index in [-0.39, 0.29) is 66.4 Å². The molecule has 211 valence electrons. The fraction of sp³-hybridized carbons (Fsp3) is 0.414. The Morgan fingerprint density at radius 3 is 1.45 bits per heavy atom. The van der Waals surface area contributed by atoms with Crippen LogP contribution in [0, 0.1) is 0 Å². The zero-order chi connectivity index (χ0) is 23.9. The number of hydrogen-bond acceptors (Lipinski definition) is 7. The van der Waals surface area contributed by atoms with Crippen molar-refractivity contribution < 1.29 is 54.3 Å². The third-order valence-electron chi connectivity index (χ3n) is 7.74. The molecule has 40 heavy (non-hydrogen) atoms. The van der Waals surface area contributed by atoms with E-state index >= 15 is 0 Å². The van der Waals surface area contributed by atoms with Crippen LogP contribution in [0.5, 0.6) is 0 Å². The molecule has 5 heterocycles. The predicted octanol–water partition coefficient (Wildman–Crippen LogP) is -4.89. The molecule has 2 fully saturated rings. The summed E-state index contributed by atoms with van der Waals surface area (Å²) in [6, 6.07) is 5.92. The fourth-order valence-electron chi connectivity index (χ4n) is 5.76. The van der Waals surface area contributed by atoms with E-state index in [0.29, 0.717) is 11.7 Å². The van der Waals surface area contributed by atoms with Crippen LogP contribution in [0.15, 0.2) is 86.0 Å². The summed E-state index contributed by atoms with van der Waals surface area (Å²) in [4.78, 5) is 29.3. The van der Waals surface area contributed by atoms with Crippen LogP contribution in [0.1, 0.15) is 49.9 Å². The molecule has 0 aromatic carbocycles. The smallest absolute Gasteiger partial charge is 1.00 e. The summed E-state index contributed by atoms with van der Waals surface area (Å²) in [5.41, 5.74) is 6.07. The minimum Gasteiger partial charge on any atom is -1.00 e. The Morgan fingerprint density at radius 2 is 1.02 bits per heavy atom. The van der Waals surface area contributed by atoms with E-state index < -0.39 is 0 Å². The SMILES string of the molecule is C1=CC2N=C(c3cccc(C4=NC5C=CC(N6CCCCC6)=CC5=N4)n3)N=C2C=C1N1CCCCC1.[Cl-].[Cl-].[Cl-].[Fe+3]. The minimum absolute atomic E-state index is 0. The van der Waals surface area contributed by atoms with Crippen LogP contribution in [-0.4, -0.2) is 76.1 Å². The summed E-state index contributed by atoms with van der Waals surface area (Å²) >= 11 is 0. The summed E-state index contributed by atoms with van der Waals surface area (Å²) in [5.74, 6) is 1.38. The van der Waals surface area contributed by atoms with Crippen LogP contribution in [-0.2, 0) is 17.1 Å². The molecule has 2 saturated heterocycles. The summed E-state index contributed by atoms with van der Waals surface area (Å²) in [5, 5.41) is 0. The van der Waals surface area contributed by atoms with Crippen LogP contribution in [0.4, 0.5) is 0 Å². The third kappa shape index (κ3) is 6.47. The first-order chi connectivity index (χ1) is 17.8. The Labute approximate surface area is 265 Å². The van der Waals surface area contributed by atoms with Gasteiger partial charge in [0.05, 0.1) is 11.4 Å². The van der Waals surface area contributed by atoms with Gasteiger partial charge in [-0.25, -0.2) is 15.0 Å². The molecule has 0 amide bonds. The number of pyridine rings is 1. The van der Waals surface area contributed by atoms with Gasteiger partial charge in [0.25, 0.3) is 0 Å². The maximum Gasteiger partial charge on any atom is 3.00 e. The zero-order valence-electron chi connectivity index (χ0n) is 22.0. The van der Waals surface area contributed by atoms with Crippen molar-refractivity contribution in [3.05, 3.63) is 77.4 Å². The molecule has 1 aromatic rings. The van der Waals surface area contributed by atoms with Gasteiger partial charge < -0.3 is 47.0 Å². The van der Waals surface area contributed by atoms with Gasteiger partial charge in [-0.2, -0.15) is 0 Å². The van der Waals surface area contributed by atoms with Gasteiger partial charge in [0.1, 0.15) is 23.5 Å². The number of hydrogen-bond donors (Lipinski definition) is 0. The minimum atomic E-state index is -0.0191. The van der Waals surface area contributed by atoms with Crippen molar-refractivity contribution in [2.45, 2.75) is 50.6 Å². The first-order valence-corrected chi connectivity index (χ1v) is 13.4. The molecule has 0 saturated carbocycles. The zero-order valence-corrected chi connectivity index (χ0v) is 25.4. The number of rotatable bonds is 4. The number of halogens is 3. The van der Waals surface area contributed by atoms with Crippen molar-refractivity contribution in [3.63, 3.8) is 0 Å². The summed E-state index contributed by atoms with van der Waals surface area (Å²) < 4.78 is 0. The Hall–Kier alpha value is -2.22. The average molecular weight is 640 g/mol. The normalized spacial score (nSPS) is 24.3. The standard InChI is InChI=1S/C29H31N7.3ClH.Fe/c1-3-14-35(15-4-1)20-10-12-22-26(18-20)33-28(31-22)24-8-7-9-25(30-24)29-32-23-13-11-21(19-27(23)34-29)36-16-5-2-6-17-36;;;;/h7-13,18-19,22-23H,1-6,14-17H2;3*1H;/q;;;;+3/p-3. The van der Waals surface area contributed by atoms with Gasteiger partial charge in [-0.1, -0.05) is 18.2 Å². The molecule has 11 heteroatoms. The molecule has 0 spiro atoms. The van der Waals surface area contributed by atoms with Gasteiger partial charge >= 0.3 is 17.1 Å². The molecule has 0 bridgehead atoms. The molecule has 2 atom stereocenters. The first-order valence-electron chi connectivity index (χ1n) is 13.4. The number of aromatic nitrogens is 1. The Bertz CT molecular complexity index is 1240. The second-order valence-electron chi connectivity index (χ2n) is 10.2. The Kier molecular flexibility index (Phi) is 11.4. The monoisotopic (exact) mass is 638 g/mol. The van der Waals surface area contributed by atoms with Crippen molar-refractivity contribution in [1.29, 1.82) is 0 Å². The molecule has 1 radical (unpaired) electrons. The maximum atomic E-state index is 4.88. The number of piperidine rings is 2. The van der Waals surface area contributed by atoms with Crippen molar-refractivity contribution >= 4 is 23.1 Å². The quantitative estimate of drug-likeness (QED) is 0.311. The van der Waals surface area contributed by atoms with Crippen LogP contribution >= 0.6 is 0 Å². The molecular weight excluding hydrogens is 609 g/mol. The second-order valence-corrected chi connectivity index (χ2v) is 10.2. The van der Waals surface area contributed by atoms with E-state index in [4.69, 9.17) is 25.0 Å². The van der Waals surface area contributed by atoms with Gasteiger partial charge in [-0.15, -0.1) is 0 Å². The first kappa shape index (κ1) is 32.3. The van der Waals surface area contributed by atoms with Crippen LogP contribution in [0.3, 0.4) is 0 Å². The molecule has 7 rings (SSSR count). The van der Waals surface area contributed by atoms with E-state index in [9.17, 15) is 0 Å². The fourth-order valence-corrected chi connectivity index (χ4v) is 5.76. The third-order valence-corrected chi connectivity index (χ3v) is 7.74. The number of amidine groups is 2. The molecule has 4 aliphatic heterocycles. The van der Waals surface area contributed by atoms with Gasteiger partial charge in [-0.05, 0) is 75.0 Å². The number of nitrogens with zero attached hydrogens (tertiary/aromatic N) is 7. The second kappa shape index (κ2) is 14.1. The molecule has 7 nitrogen and oxygen atoms in total. The van der Waals surface area contributed by atoms with Crippen molar-refractivity contribution in [1.82, 2.24) is 14.8 Å². The van der Waals surface area contributed by atoms with Crippen molar-refractivity contribution in [2.24, 2.45) is 20.0 Å². The topological polar surface area (TPSA) is 68.8 Å². The Morgan fingerprint density at radius 1 is 0.600 bits per heavy atom. The molecule has 6 aliphatic rings. The molecule has 2 unspecified atom stereocenters. The van der Waals surface area contributed by atoms with Crippen LogP contribution in [0.2, 0.25) is 0 Å². The Balaban J connectivity index is 0.00000110. The van der Waals surface area contributed by atoms with E-state index in [2.05, 4.69) is 46.3 Å². The average Bonchev–Trinajstić information content (AvgIpc) is 3.58. The van der Waals surface area contributed by atoms with E-state index in [1.807, 2.05) is 18.2 Å². The van der Waals surface area contributed by atoms with Gasteiger partial charge in [0.2, 0.25) is 0 Å². The van der Waals surface area contributed by atoms with Gasteiger partial charge in [0.15, 0.2) is 11.7 Å². The van der Waals surface area contributed by atoms with Crippen LogP contribution in [0.25, 0.3) is 0 Å². The van der Waals surface area contributed by atoms with Crippen molar-refractivity contribution in [2.75, 3.05) is 26.2 Å². The predicted molar refractivity (Wildman–Crippen MR) is 145 cm³/mol.